The summed E-state index contributed by atoms with van der Waals surface area (Å²) in [5, 5.41) is 0. The van der Waals surface area contributed by atoms with Gasteiger partial charge in [0.15, 0.2) is 0 Å². The Morgan fingerprint density at radius 3 is 2.38 bits per heavy atom. The van der Waals surface area contributed by atoms with Crippen molar-refractivity contribution in [3.05, 3.63) is 77.9 Å². The molecule has 1 aliphatic rings. The molecule has 1 amide bonds. The predicted octanol–water partition coefficient (Wildman–Crippen LogP) is 4.42. The maximum atomic E-state index is 12.8. The number of nitrogens with two attached hydrogens (primary N) is 1. The third-order valence-corrected chi connectivity index (χ3v) is 6.61. The number of benzene rings is 2. The zero-order chi connectivity index (χ0) is 23.3. The summed E-state index contributed by atoms with van der Waals surface area (Å²) in [6.07, 6.45) is 1.99. The average Bonchev–Trinajstić information content (AvgIpc) is 2.78. The number of nitrogen functional groups attached to an aromatic ring is 1. The van der Waals surface area contributed by atoms with E-state index >= 15 is 0 Å². The first-order chi connectivity index (χ1) is 15.4. The van der Waals surface area contributed by atoms with Crippen LogP contribution in [0.1, 0.15) is 55.2 Å². The maximum absolute atomic E-state index is 12.8. The Labute approximate surface area is 193 Å². The van der Waals surface area contributed by atoms with Gasteiger partial charge in [0.05, 0.1) is 6.04 Å². The highest BCUT2D eigenvalue weighted by atomic mass is 16.2. The first-order valence-corrected chi connectivity index (χ1v) is 11.7. The smallest absolute Gasteiger partial charge is 0.253 e. The van der Waals surface area contributed by atoms with Crippen LogP contribution in [-0.2, 0) is 0 Å². The van der Waals surface area contributed by atoms with Crippen molar-refractivity contribution in [1.82, 2.24) is 14.7 Å². The minimum atomic E-state index is 0.0828. The second kappa shape index (κ2) is 10.8. The number of hydrogen-bond acceptors (Lipinski definition) is 4. The molecule has 5 heteroatoms. The molecular weight excluding hydrogens is 396 g/mol. The van der Waals surface area contributed by atoms with Crippen molar-refractivity contribution >= 4 is 11.6 Å². The molecule has 1 heterocycles. The van der Waals surface area contributed by atoms with Gasteiger partial charge in [-0.05, 0) is 63.1 Å². The summed E-state index contributed by atoms with van der Waals surface area (Å²) < 4.78 is 0. The molecule has 0 aliphatic carbocycles. The molecule has 5 nitrogen and oxygen atoms in total. The van der Waals surface area contributed by atoms with E-state index in [2.05, 4.69) is 54.5 Å². The number of rotatable bonds is 8. The quantitative estimate of drug-likeness (QED) is 0.494. The predicted molar refractivity (Wildman–Crippen MR) is 134 cm³/mol. The molecule has 0 unspecified atom stereocenters. The monoisotopic (exact) mass is 434 g/mol. The van der Waals surface area contributed by atoms with E-state index in [4.69, 9.17) is 5.73 Å². The highest BCUT2D eigenvalue weighted by Crippen LogP contribution is 2.34. The summed E-state index contributed by atoms with van der Waals surface area (Å²) in [4.78, 5) is 19.7. The molecule has 172 valence electrons. The van der Waals surface area contributed by atoms with E-state index in [-0.39, 0.29) is 11.9 Å². The number of nitrogens with zero attached hydrogens (tertiary/aromatic N) is 3. The van der Waals surface area contributed by atoms with Crippen LogP contribution in [0.5, 0.6) is 0 Å². The van der Waals surface area contributed by atoms with E-state index in [0.717, 1.165) is 30.9 Å². The molecular formula is C27H38N4O. The average molecular weight is 435 g/mol. The molecule has 1 fully saturated rings. The zero-order valence-corrected chi connectivity index (χ0v) is 20.0. The van der Waals surface area contributed by atoms with Gasteiger partial charge in [-0.15, -0.1) is 6.58 Å². The minimum Gasteiger partial charge on any atom is -0.399 e. The molecule has 2 N–H and O–H groups in total. The van der Waals surface area contributed by atoms with Crippen LogP contribution in [0.4, 0.5) is 5.69 Å². The van der Waals surface area contributed by atoms with Gasteiger partial charge in [-0.2, -0.15) is 0 Å². The lowest BCUT2D eigenvalue weighted by molar-refractivity contribution is 0.0307. The Bertz CT molecular complexity index is 906. The summed E-state index contributed by atoms with van der Waals surface area (Å²) in [5.74, 6) is 0.0853. The number of carbonyl (C=O) groups is 1. The Balaban J connectivity index is 1.96. The fourth-order valence-electron chi connectivity index (χ4n) is 4.81. The van der Waals surface area contributed by atoms with Crippen molar-refractivity contribution in [2.45, 2.75) is 45.8 Å². The van der Waals surface area contributed by atoms with Crippen LogP contribution >= 0.6 is 0 Å². The van der Waals surface area contributed by atoms with E-state index in [1.165, 1.54) is 11.1 Å². The minimum absolute atomic E-state index is 0.0828. The Morgan fingerprint density at radius 2 is 1.78 bits per heavy atom. The van der Waals surface area contributed by atoms with Gasteiger partial charge in [-0.25, -0.2) is 0 Å². The molecule has 0 radical (unpaired) electrons. The molecule has 3 atom stereocenters. The molecule has 1 saturated heterocycles. The van der Waals surface area contributed by atoms with Gasteiger partial charge in [0.1, 0.15) is 0 Å². The van der Waals surface area contributed by atoms with Gasteiger partial charge in [-0.1, -0.05) is 30.3 Å². The molecule has 1 aliphatic heterocycles. The van der Waals surface area contributed by atoms with Crippen LogP contribution in [0, 0.1) is 0 Å². The highest BCUT2D eigenvalue weighted by Gasteiger charge is 2.34. The summed E-state index contributed by atoms with van der Waals surface area (Å²) in [6, 6.07) is 17.2. The van der Waals surface area contributed by atoms with E-state index in [9.17, 15) is 4.79 Å². The van der Waals surface area contributed by atoms with Crippen LogP contribution < -0.4 is 5.73 Å². The molecule has 0 saturated carbocycles. The summed E-state index contributed by atoms with van der Waals surface area (Å²) in [5.41, 5.74) is 10.0. The van der Waals surface area contributed by atoms with Gasteiger partial charge in [0.2, 0.25) is 0 Å². The summed E-state index contributed by atoms with van der Waals surface area (Å²) in [6.45, 7) is 16.8. The molecule has 0 bridgehead atoms. The number of hydrogen-bond donors (Lipinski definition) is 1. The van der Waals surface area contributed by atoms with Crippen molar-refractivity contribution < 1.29 is 4.79 Å². The molecule has 0 aromatic heterocycles. The second-order valence-corrected chi connectivity index (χ2v) is 8.81. The number of carbonyl (C=O) groups excluding carboxylic acids is 1. The second-order valence-electron chi connectivity index (χ2n) is 8.81. The van der Waals surface area contributed by atoms with Crippen LogP contribution in [0.2, 0.25) is 0 Å². The maximum Gasteiger partial charge on any atom is 0.253 e. The lowest BCUT2D eigenvalue weighted by Crippen LogP contribution is -2.57. The fraction of sp³-hybridized carbons (Fsp3) is 0.444. The van der Waals surface area contributed by atoms with Crippen LogP contribution in [0.25, 0.3) is 0 Å². The van der Waals surface area contributed by atoms with Gasteiger partial charge in [-0.3, -0.25) is 14.6 Å². The molecule has 32 heavy (non-hydrogen) atoms. The standard InChI is InChI=1S/C27H38N4O/c1-6-16-30-18-21(5)31(19-20(30)4)26(24-10-9-11-25(28)17-24)22-12-14-23(15-13-22)27(32)29(7-2)8-3/h6,9-15,17,20-21,26H,1,7-8,16,18-19,28H2,2-5H3/t20-,21+,26-/m1/s1. The van der Waals surface area contributed by atoms with E-state index in [1.54, 1.807) is 0 Å². The van der Waals surface area contributed by atoms with E-state index < -0.39 is 0 Å². The fourth-order valence-corrected chi connectivity index (χ4v) is 4.81. The van der Waals surface area contributed by atoms with Crippen molar-refractivity contribution in [3.8, 4) is 0 Å². The van der Waals surface area contributed by atoms with E-state index in [0.29, 0.717) is 25.2 Å². The molecule has 0 spiro atoms. The summed E-state index contributed by atoms with van der Waals surface area (Å²) >= 11 is 0. The Kier molecular flexibility index (Phi) is 8.10. The van der Waals surface area contributed by atoms with Crippen molar-refractivity contribution in [2.24, 2.45) is 0 Å². The normalized spacial score (nSPS) is 20.6. The third-order valence-electron chi connectivity index (χ3n) is 6.61. The number of amides is 1. The van der Waals surface area contributed by atoms with Gasteiger partial charge >= 0.3 is 0 Å². The molecule has 2 aromatic carbocycles. The van der Waals surface area contributed by atoms with Crippen LogP contribution in [0.15, 0.2) is 61.2 Å². The topological polar surface area (TPSA) is 52.8 Å². The highest BCUT2D eigenvalue weighted by molar-refractivity contribution is 5.94. The van der Waals surface area contributed by atoms with Gasteiger partial charge in [0, 0.05) is 56.1 Å². The SMILES string of the molecule is C=CCN1C[C@H](C)N([C@H](c2ccc(C(=O)N(CC)CC)cc2)c2cccc(N)c2)C[C@H]1C. The third kappa shape index (κ3) is 5.22. The first kappa shape index (κ1) is 24.0. The van der Waals surface area contributed by atoms with Crippen LogP contribution in [0.3, 0.4) is 0 Å². The zero-order valence-electron chi connectivity index (χ0n) is 20.0. The lowest BCUT2D eigenvalue weighted by atomic mass is 9.92. The lowest BCUT2D eigenvalue weighted by Gasteiger charge is -2.47. The first-order valence-electron chi connectivity index (χ1n) is 11.7. The van der Waals surface area contributed by atoms with Crippen molar-refractivity contribution in [3.63, 3.8) is 0 Å². The Hall–Kier alpha value is -2.63. The Morgan fingerprint density at radius 1 is 1.09 bits per heavy atom. The largest absolute Gasteiger partial charge is 0.399 e. The number of piperazine rings is 1. The molecule has 3 rings (SSSR count). The molecule has 2 aromatic rings. The van der Waals surface area contributed by atoms with Gasteiger partial charge < -0.3 is 10.6 Å². The van der Waals surface area contributed by atoms with E-state index in [1.807, 2.05) is 49.1 Å². The van der Waals surface area contributed by atoms with Crippen molar-refractivity contribution in [1.29, 1.82) is 0 Å². The summed E-state index contributed by atoms with van der Waals surface area (Å²) in [7, 11) is 0. The number of anilines is 1. The van der Waals surface area contributed by atoms with Crippen LogP contribution in [-0.4, -0.2) is 65.4 Å². The van der Waals surface area contributed by atoms with Crippen molar-refractivity contribution in [2.75, 3.05) is 38.5 Å². The van der Waals surface area contributed by atoms with Gasteiger partial charge in [0.25, 0.3) is 5.91 Å².